The van der Waals surface area contributed by atoms with Crippen LogP contribution in [0.1, 0.15) is 32.8 Å². The number of hydrogen-bond donors (Lipinski definition) is 1. The number of fused-ring (bicyclic) bond motifs is 4. The maximum Gasteiger partial charge on any atom is 0.115 e. The Hall–Kier alpha value is -4.45. The second-order valence-electron chi connectivity index (χ2n) is 9.91. The van der Waals surface area contributed by atoms with Gasteiger partial charge in [-0.05, 0) is 73.4 Å². The molecule has 37 heavy (non-hydrogen) atoms. The van der Waals surface area contributed by atoms with Gasteiger partial charge in [0, 0.05) is 28.4 Å². The lowest BCUT2D eigenvalue weighted by molar-refractivity contribution is 0.531. The van der Waals surface area contributed by atoms with E-state index in [1.165, 1.54) is 21.8 Å². The molecular weight excluding hydrogens is 456 g/mol. The second kappa shape index (κ2) is 9.54. The number of aromatic nitrogens is 4. The van der Waals surface area contributed by atoms with E-state index in [0.717, 1.165) is 46.6 Å². The van der Waals surface area contributed by atoms with Crippen LogP contribution in [0.5, 0.6) is 0 Å². The quantitative estimate of drug-likeness (QED) is 0.186. The van der Waals surface area contributed by atoms with Crippen molar-refractivity contribution in [3.63, 3.8) is 0 Å². The minimum absolute atomic E-state index is 0.658. The molecule has 6 heteroatoms. The Bertz CT molecular complexity index is 1730. The molecule has 0 unspecified atom stereocenters. The van der Waals surface area contributed by atoms with Crippen LogP contribution in [0.3, 0.4) is 0 Å². The summed E-state index contributed by atoms with van der Waals surface area (Å²) in [6, 6.07) is 31.6. The fourth-order valence-electron chi connectivity index (χ4n) is 4.91. The van der Waals surface area contributed by atoms with Crippen molar-refractivity contribution in [2.75, 3.05) is 5.01 Å². The standard InChI is InChI=1S/C31H30N6/c1-21(2)17-18-36-30-12-8-7-11-26(30)27-19-23(13-16-31(27)36)22(3)34-37(24-9-5-4-6-10-24)25-14-15-28-29(20-25)33-35-32-28/h4-16,19-21H,17-18H2,1-3H3,(H,32,33,35). The van der Waals surface area contributed by atoms with Crippen LogP contribution in [0.15, 0.2) is 96.1 Å². The topological polar surface area (TPSA) is 62.1 Å². The first-order valence-electron chi connectivity index (χ1n) is 12.8. The molecule has 0 saturated carbocycles. The SMILES string of the molecule is CC(=NN(c1ccccc1)c1ccc2n[nH]nc2c1)c1ccc2c(c1)c1ccccc1n2CCC(C)C. The van der Waals surface area contributed by atoms with E-state index in [0.29, 0.717) is 5.92 Å². The van der Waals surface area contributed by atoms with Gasteiger partial charge in [0.1, 0.15) is 11.0 Å². The minimum atomic E-state index is 0.658. The van der Waals surface area contributed by atoms with Gasteiger partial charge >= 0.3 is 0 Å². The summed E-state index contributed by atoms with van der Waals surface area (Å²) < 4.78 is 2.46. The molecule has 0 atom stereocenters. The molecule has 0 spiro atoms. The van der Waals surface area contributed by atoms with Crippen molar-refractivity contribution >= 4 is 49.9 Å². The molecular formula is C31H30N6. The van der Waals surface area contributed by atoms with Gasteiger partial charge in [-0.1, -0.05) is 56.3 Å². The van der Waals surface area contributed by atoms with Gasteiger partial charge < -0.3 is 4.57 Å². The molecule has 6 aromatic rings. The first-order chi connectivity index (χ1) is 18.1. The molecule has 0 aliphatic rings. The molecule has 0 bridgehead atoms. The zero-order valence-electron chi connectivity index (χ0n) is 21.4. The first kappa shape index (κ1) is 23.0. The predicted molar refractivity (Wildman–Crippen MR) is 154 cm³/mol. The smallest absolute Gasteiger partial charge is 0.115 e. The van der Waals surface area contributed by atoms with Crippen molar-refractivity contribution in [3.8, 4) is 0 Å². The van der Waals surface area contributed by atoms with Crippen LogP contribution >= 0.6 is 0 Å². The third-order valence-electron chi connectivity index (χ3n) is 6.92. The van der Waals surface area contributed by atoms with Crippen LogP contribution in [0.4, 0.5) is 11.4 Å². The summed E-state index contributed by atoms with van der Waals surface area (Å²) in [6.45, 7) is 7.65. The number of para-hydroxylation sites is 2. The Morgan fingerprint density at radius 3 is 2.41 bits per heavy atom. The van der Waals surface area contributed by atoms with Crippen LogP contribution in [0.2, 0.25) is 0 Å². The maximum atomic E-state index is 5.12. The highest BCUT2D eigenvalue weighted by Gasteiger charge is 2.14. The summed E-state index contributed by atoms with van der Waals surface area (Å²) in [4.78, 5) is 0. The number of H-pyrrole nitrogens is 1. The number of rotatable bonds is 7. The molecule has 0 saturated heterocycles. The van der Waals surface area contributed by atoms with Crippen LogP contribution in [0, 0.1) is 5.92 Å². The van der Waals surface area contributed by atoms with Crippen molar-refractivity contribution in [1.29, 1.82) is 0 Å². The molecule has 0 aliphatic heterocycles. The monoisotopic (exact) mass is 486 g/mol. The minimum Gasteiger partial charge on any atom is -0.340 e. The van der Waals surface area contributed by atoms with E-state index in [1.807, 2.05) is 41.4 Å². The molecule has 2 heterocycles. The Labute approximate surface area is 216 Å². The maximum absolute atomic E-state index is 5.12. The highest BCUT2D eigenvalue weighted by atomic mass is 15.5. The average Bonchev–Trinajstić information content (AvgIpc) is 3.52. The summed E-state index contributed by atoms with van der Waals surface area (Å²) in [6.07, 6.45) is 1.15. The molecule has 0 radical (unpaired) electrons. The number of anilines is 2. The lowest BCUT2D eigenvalue weighted by atomic mass is 10.1. The predicted octanol–water partition coefficient (Wildman–Crippen LogP) is 7.67. The molecule has 0 fully saturated rings. The third kappa shape index (κ3) is 4.35. The molecule has 4 aromatic carbocycles. The molecule has 2 aromatic heterocycles. The summed E-state index contributed by atoms with van der Waals surface area (Å²) in [5, 5.41) is 20.8. The highest BCUT2D eigenvalue weighted by molar-refractivity contribution is 6.11. The lowest BCUT2D eigenvalue weighted by Crippen LogP contribution is -2.12. The number of aryl methyl sites for hydroxylation is 1. The Kier molecular flexibility index (Phi) is 5.93. The fourth-order valence-corrected chi connectivity index (χ4v) is 4.91. The lowest BCUT2D eigenvalue weighted by Gasteiger charge is -2.20. The molecule has 1 N–H and O–H groups in total. The number of benzene rings is 4. The van der Waals surface area contributed by atoms with Gasteiger partial charge in [0.2, 0.25) is 0 Å². The Morgan fingerprint density at radius 1 is 0.811 bits per heavy atom. The van der Waals surface area contributed by atoms with Gasteiger partial charge in [-0.25, -0.2) is 5.01 Å². The van der Waals surface area contributed by atoms with Gasteiger partial charge in [-0.15, -0.1) is 0 Å². The zero-order valence-corrected chi connectivity index (χ0v) is 21.4. The van der Waals surface area contributed by atoms with E-state index in [2.05, 4.69) is 95.3 Å². The Balaban J connectivity index is 1.45. The largest absolute Gasteiger partial charge is 0.340 e. The van der Waals surface area contributed by atoms with E-state index < -0.39 is 0 Å². The second-order valence-corrected chi connectivity index (χ2v) is 9.91. The first-order valence-corrected chi connectivity index (χ1v) is 12.8. The molecule has 0 aliphatic carbocycles. The summed E-state index contributed by atoms with van der Waals surface area (Å²) >= 11 is 0. The van der Waals surface area contributed by atoms with Crippen LogP contribution in [0.25, 0.3) is 32.8 Å². The molecule has 184 valence electrons. The summed E-state index contributed by atoms with van der Waals surface area (Å²) in [5.74, 6) is 0.658. The van der Waals surface area contributed by atoms with E-state index in [-0.39, 0.29) is 0 Å². The van der Waals surface area contributed by atoms with E-state index >= 15 is 0 Å². The van der Waals surface area contributed by atoms with Crippen molar-refractivity contribution in [2.24, 2.45) is 11.0 Å². The van der Waals surface area contributed by atoms with Gasteiger partial charge in [0.25, 0.3) is 0 Å². The van der Waals surface area contributed by atoms with Crippen molar-refractivity contribution < 1.29 is 0 Å². The number of aromatic amines is 1. The third-order valence-corrected chi connectivity index (χ3v) is 6.92. The summed E-state index contributed by atoms with van der Waals surface area (Å²) in [5.41, 5.74) is 8.15. The van der Waals surface area contributed by atoms with Crippen molar-refractivity contribution in [1.82, 2.24) is 20.0 Å². The zero-order chi connectivity index (χ0) is 25.4. The molecule has 6 nitrogen and oxygen atoms in total. The number of nitrogens with one attached hydrogen (secondary N) is 1. The normalized spacial score (nSPS) is 12.3. The van der Waals surface area contributed by atoms with Gasteiger partial charge in [0.05, 0.1) is 17.1 Å². The van der Waals surface area contributed by atoms with Crippen molar-refractivity contribution in [2.45, 2.75) is 33.7 Å². The fraction of sp³-hybridized carbons (Fsp3) is 0.194. The Morgan fingerprint density at radius 2 is 1.57 bits per heavy atom. The van der Waals surface area contributed by atoms with E-state index in [9.17, 15) is 0 Å². The van der Waals surface area contributed by atoms with Gasteiger partial charge in [-0.2, -0.15) is 20.5 Å². The highest BCUT2D eigenvalue weighted by Crippen LogP contribution is 2.32. The molecule has 0 amide bonds. The van der Waals surface area contributed by atoms with Crippen molar-refractivity contribution in [3.05, 3.63) is 96.6 Å². The number of nitrogens with zero attached hydrogens (tertiary/aromatic N) is 5. The van der Waals surface area contributed by atoms with E-state index in [4.69, 9.17) is 5.10 Å². The van der Waals surface area contributed by atoms with Crippen LogP contribution in [-0.4, -0.2) is 25.7 Å². The molecule has 6 rings (SSSR count). The van der Waals surface area contributed by atoms with Gasteiger partial charge in [0.15, 0.2) is 0 Å². The number of hydrazone groups is 1. The van der Waals surface area contributed by atoms with Crippen LogP contribution < -0.4 is 5.01 Å². The van der Waals surface area contributed by atoms with E-state index in [1.54, 1.807) is 0 Å². The summed E-state index contributed by atoms with van der Waals surface area (Å²) in [7, 11) is 0. The average molecular weight is 487 g/mol. The van der Waals surface area contributed by atoms with Gasteiger partial charge in [-0.3, -0.25) is 0 Å². The van der Waals surface area contributed by atoms with Crippen LogP contribution in [-0.2, 0) is 6.54 Å². The number of hydrogen-bond acceptors (Lipinski definition) is 4.